The lowest BCUT2D eigenvalue weighted by molar-refractivity contribution is 0.341. The Morgan fingerprint density at radius 2 is 2.03 bits per heavy atom. The smallest absolute Gasteiger partial charge is 0.225 e. The Morgan fingerprint density at radius 1 is 1.16 bits per heavy atom. The molecule has 6 nitrogen and oxygen atoms in total. The lowest BCUT2D eigenvalue weighted by atomic mass is 9.99. The molecule has 31 heavy (non-hydrogen) atoms. The van der Waals surface area contributed by atoms with E-state index in [1.807, 2.05) is 24.3 Å². The molecule has 1 atom stereocenters. The van der Waals surface area contributed by atoms with Crippen LogP contribution in [0.5, 0.6) is 0 Å². The lowest BCUT2D eigenvalue weighted by Crippen LogP contribution is -2.32. The van der Waals surface area contributed by atoms with Crippen LogP contribution in [0.2, 0.25) is 10.0 Å². The average molecular weight is 473 g/mol. The van der Waals surface area contributed by atoms with Gasteiger partial charge in [0.1, 0.15) is 11.3 Å². The number of piperidine rings is 1. The number of nitrogens with one attached hydrogen (secondary N) is 2. The highest BCUT2D eigenvalue weighted by atomic mass is 35.5. The molecule has 0 aliphatic carbocycles. The Kier molecular flexibility index (Phi) is 6.09. The van der Waals surface area contributed by atoms with Crippen LogP contribution in [-0.2, 0) is 13.1 Å². The number of imidazole rings is 1. The molecule has 2 N–H and O–H groups in total. The van der Waals surface area contributed by atoms with Gasteiger partial charge in [0.15, 0.2) is 5.65 Å². The number of fused-ring (bicyclic) bond motifs is 1. The molecule has 5 rings (SSSR count). The van der Waals surface area contributed by atoms with Crippen LogP contribution >= 0.6 is 34.5 Å². The number of anilines is 1. The van der Waals surface area contributed by atoms with Crippen molar-refractivity contribution in [3.05, 3.63) is 56.8 Å². The van der Waals surface area contributed by atoms with Crippen LogP contribution < -0.4 is 10.6 Å². The van der Waals surface area contributed by atoms with Crippen molar-refractivity contribution in [1.29, 1.82) is 0 Å². The van der Waals surface area contributed by atoms with Gasteiger partial charge < -0.3 is 15.2 Å². The predicted molar refractivity (Wildman–Crippen MR) is 128 cm³/mol. The molecule has 160 valence electrons. The second kappa shape index (κ2) is 9.12. The van der Waals surface area contributed by atoms with E-state index in [1.165, 1.54) is 11.3 Å². The molecule has 1 aliphatic rings. The summed E-state index contributed by atoms with van der Waals surface area (Å²) in [6.45, 7) is 3.53. The number of aromatic nitrogens is 4. The fourth-order valence-electron chi connectivity index (χ4n) is 4.00. The number of hydrogen-bond acceptors (Lipinski definition) is 6. The summed E-state index contributed by atoms with van der Waals surface area (Å²) in [6.07, 6.45) is 4.10. The van der Waals surface area contributed by atoms with E-state index in [2.05, 4.69) is 31.6 Å². The van der Waals surface area contributed by atoms with Crippen LogP contribution in [0.15, 0.2) is 41.9 Å². The fourth-order valence-corrected chi connectivity index (χ4v) is 5.21. The number of halogens is 2. The molecule has 3 aromatic heterocycles. The molecule has 4 aromatic rings. The maximum Gasteiger partial charge on any atom is 0.225 e. The van der Waals surface area contributed by atoms with E-state index < -0.39 is 0 Å². The Hall–Kier alpha value is -2.19. The van der Waals surface area contributed by atoms with E-state index in [0.717, 1.165) is 48.6 Å². The molecule has 0 bridgehead atoms. The zero-order valence-corrected chi connectivity index (χ0v) is 19.1. The second-order valence-corrected chi connectivity index (χ2v) is 9.54. The SMILES string of the molecule is Clc1cccc(Cl)c1-c1nc2cnc(NCc3cccs3)nc2n1CC1CCCNC1. The molecule has 0 amide bonds. The zero-order chi connectivity index (χ0) is 21.2. The monoisotopic (exact) mass is 472 g/mol. The van der Waals surface area contributed by atoms with Gasteiger partial charge >= 0.3 is 0 Å². The highest BCUT2D eigenvalue weighted by Crippen LogP contribution is 2.36. The van der Waals surface area contributed by atoms with Crippen LogP contribution in [0.25, 0.3) is 22.6 Å². The van der Waals surface area contributed by atoms with Crippen LogP contribution in [0.4, 0.5) is 5.95 Å². The molecular formula is C22H22Cl2N6S. The van der Waals surface area contributed by atoms with Crippen molar-refractivity contribution in [2.45, 2.75) is 25.9 Å². The summed E-state index contributed by atoms with van der Waals surface area (Å²) in [7, 11) is 0. The van der Waals surface area contributed by atoms with Crippen LogP contribution in [0.3, 0.4) is 0 Å². The first-order chi connectivity index (χ1) is 15.2. The van der Waals surface area contributed by atoms with Crippen molar-refractivity contribution in [3.63, 3.8) is 0 Å². The molecular weight excluding hydrogens is 451 g/mol. The third-order valence-corrected chi connectivity index (χ3v) is 7.02. The maximum atomic E-state index is 6.55. The predicted octanol–water partition coefficient (Wildman–Crippen LogP) is 5.47. The summed E-state index contributed by atoms with van der Waals surface area (Å²) < 4.78 is 2.15. The van der Waals surface area contributed by atoms with Crippen LogP contribution in [0, 0.1) is 5.92 Å². The van der Waals surface area contributed by atoms with Gasteiger partial charge in [-0.25, -0.2) is 9.97 Å². The number of rotatable bonds is 6. The van der Waals surface area contributed by atoms with Gasteiger partial charge in [-0.15, -0.1) is 11.3 Å². The minimum Gasteiger partial charge on any atom is -0.349 e. The van der Waals surface area contributed by atoms with Crippen LogP contribution in [0.1, 0.15) is 17.7 Å². The molecule has 1 aromatic carbocycles. The highest BCUT2D eigenvalue weighted by molar-refractivity contribution is 7.09. The minimum atomic E-state index is 0.489. The lowest BCUT2D eigenvalue weighted by Gasteiger charge is -2.24. The van der Waals surface area contributed by atoms with E-state index in [4.69, 9.17) is 33.2 Å². The second-order valence-electron chi connectivity index (χ2n) is 7.69. The minimum absolute atomic E-state index is 0.489. The molecule has 0 saturated carbocycles. The van der Waals surface area contributed by atoms with Crippen LogP contribution in [-0.4, -0.2) is 32.6 Å². The number of benzene rings is 1. The zero-order valence-electron chi connectivity index (χ0n) is 16.8. The molecule has 1 aliphatic heterocycles. The molecule has 9 heteroatoms. The number of nitrogens with zero attached hydrogens (tertiary/aromatic N) is 4. The summed E-state index contributed by atoms with van der Waals surface area (Å²) in [6, 6.07) is 9.66. The van der Waals surface area contributed by atoms with Gasteiger partial charge in [-0.3, -0.25) is 0 Å². The van der Waals surface area contributed by atoms with Gasteiger partial charge in [0.2, 0.25) is 5.95 Å². The van der Waals surface area contributed by atoms with E-state index in [1.54, 1.807) is 17.5 Å². The Labute approximate surface area is 194 Å². The quantitative estimate of drug-likeness (QED) is 0.389. The van der Waals surface area contributed by atoms with E-state index in [-0.39, 0.29) is 0 Å². The van der Waals surface area contributed by atoms with Crippen molar-refractivity contribution in [1.82, 2.24) is 24.8 Å². The summed E-state index contributed by atoms with van der Waals surface area (Å²) >= 11 is 14.8. The molecule has 1 fully saturated rings. The van der Waals surface area contributed by atoms with Crippen molar-refractivity contribution in [2.24, 2.45) is 5.92 Å². The maximum absolute atomic E-state index is 6.55. The molecule has 1 saturated heterocycles. The fraction of sp³-hybridized carbons (Fsp3) is 0.318. The van der Waals surface area contributed by atoms with E-state index in [9.17, 15) is 0 Å². The van der Waals surface area contributed by atoms with Crippen molar-refractivity contribution >= 4 is 51.7 Å². The van der Waals surface area contributed by atoms with Crippen molar-refractivity contribution < 1.29 is 0 Å². The first-order valence-corrected chi connectivity index (χ1v) is 12.0. The van der Waals surface area contributed by atoms with E-state index >= 15 is 0 Å². The normalized spacial score (nSPS) is 16.6. The van der Waals surface area contributed by atoms with E-state index in [0.29, 0.717) is 28.5 Å². The number of hydrogen-bond donors (Lipinski definition) is 2. The summed E-state index contributed by atoms with van der Waals surface area (Å²) in [4.78, 5) is 15.4. The van der Waals surface area contributed by atoms with Gasteiger partial charge in [0, 0.05) is 11.4 Å². The van der Waals surface area contributed by atoms with Gasteiger partial charge in [-0.1, -0.05) is 35.3 Å². The standard InChI is InChI=1S/C22H22Cl2N6S/c23-16-6-1-7-17(24)19(16)21-28-18-12-27-22(26-11-15-5-3-9-31-15)29-20(18)30(21)13-14-4-2-8-25-10-14/h1,3,5-7,9,12,14,25H,2,4,8,10-11,13H2,(H,26,27,29). The summed E-state index contributed by atoms with van der Waals surface area (Å²) in [5.74, 6) is 1.81. The first kappa shape index (κ1) is 20.7. The molecule has 4 heterocycles. The van der Waals surface area contributed by atoms with Crippen molar-refractivity contribution in [2.75, 3.05) is 18.4 Å². The third-order valence-electron chi connectivity index (χ3n) is 5.51. The molecule has 1 unspecified atom stereocenters. The average Bonchev–Trinajstić information content (AvgIpc) is 3.41. The Balaban J connectivity index is 1.57. The molecule has 0 spiro atoms. The number of thiophene rings is 1. The summed E-state index contributed by atoms with van der Waals surface area (Å²) in [5, 5.41) is 10.0. The molecule has 0 radical (unpaired) electrons. The highest BCUT2D eigenvalue weighted by Gasteiger charge is 2.23. The summed E-state index contributed by atoms with van der Waals surface area (Å²) in [5.41, 5.74) is 2.26. The largest absolute Gasteiger partial charge is 0.349 e. The third kappa shape index (κ3) is 4.41. The van der Waals surface area contributed by atoms with Crippen molar-refractivity contribution in [3.8, 4) is 11.4 Å². The Bertz CT molecular complexity index is 1160. The first-order valence-electron chi connectivity index (χ1n) is 10.3. The van der Waals surface area contributed by atoms with Gasteiger partial charge in [-0.05, 0) is 55.4 Å². The van der Waals surface area contributed by atoms with Gasteiger partial charge in [0.25, 0.3) is 0 Å². The Morgan fingerprint density at radius 3 is 2.77 bits per heavy atom. The van der Waals surface area contributed by atoms with Gasteiger partial charge in [-0.2, -0.15) is 4.98 Å². The topological polar surface area (TPSA) is 67.7 Å². The van der Waals surface area contributed by atoms with Gasteiger partial charge in [0.05, 0.1) is 28.4 Å².